The maximum Gasteiger partial charge on any atom is 0.163 e. The van der Waals surface area contributed by atoms with Gasteiger partial charge in [0, 0.05) is 28.6 Å². The normalized spacial score (nSPS) is 12.1. The molecule has 2 aromatic heterocycles. The summed E-state index contributed by atoms with van der Waals surface area (Å²) in [5, 5.41) is 1.01. The van der Waals surface area contributed by atoms with Crippen LogP contribution in [0.5, 0.6) is 0 Å². The third-order valence-electron chi connectivity index (χ3n) is 3.95. The average Bonchev–Trinajstić information content (AvgIpc) is 2.53. The van der Waals surface area contributed by atoms with Gasteiger partial charge < -0.3 is 0 Å². The first-order chi connectivity index (χ1) is 10.9. The molecule has 0 saturated carbocycles. The van der Waals surface area contributed by atoms with Crippen LogP contribution in [0.3, 0.4) is 0 Å². The van der Waals surface area contributed by atoms with Crippen molar-refractivity contribution < 1.29 is 0 Å². The van der Waals surface area contributed by atoms with Crippen molar-refractivity contribution in [2.45, 2.75) is 46.0 Å². The molecule has 1 aromatic carbocycles. The van der Waals surface area contributed by atoms with Gasteiger partial charge in [-0.3, -0.25) is 0 Å². The lowest BCUT2D eigenvalue weighted by Crippen LogP contribution is -2.14. The first-order valence-corrected chi connectivity index (χ1v) is 8.10. The molecule has 0 aliphatic carbocycles. The van der Waals surface area contributed by atoms with Gasteiger partial charge in [0.25, 0.3) is 0 Å². The number of fused-ring (bicyclic) bond motifs is 1. The standard InChI is InChI=1S/C20H23N3/c1-13(2)18-21-12-16-15(14-9-7-6-8-10-14)11-17(20(3,4)5)22-19(16)23-18/h6-13H,1-5H3. The van der Waals surface area contributed by atoms with Crippen molar-refractivity contribution in [3.8, 4) is 11.1 Å². The molecular formula is C20H23N3. The third kappa shape index (κ3) is 3.09. The monoisotopic (exact) mass is 305 g/mol. The van der Waals surface area contributed by atoms with Crippen LogP contribution in [0.2, 0.25) is 0 Å². The van der Waals surface area contributed by atoms with Gasteiger partial charge in [-0.15, -0.1) is 0 Å². The van der Waals surface area contributed by atoms with Crippen LogP contribution in [-0.2, 0) is 5.41 Å². The molecule has 0 unspecified atom stereocenters. The Morgan fingerprint density at radius 2 is 1.65 bits per heavy atom. The largest absolute Gasteiger partial charge is 0.240 e. The van der Waals surface area contributed by atoms with E-state index in [1.807, 2.05) is 12.3 Å². The summed E-state index contributed by atoms with van der Waals surface area (Å²) in [6.45, 7) is 10.8. The maximum absolute atomic E-state index is 4.82. The number of aromatic nitrogens is 3. The number of nitrogens with zero attached hydrogens (tertiary/aromatic N) is 3. The Morgan fingerprint density at radius 1 is 0.957 bits per heavy atom. The van der Waals surface area contributed by atoms with Gasteiger partial charge in [-0.25, -0.2) is 15.0 Å². The molecule has 0 saturated heterocycles. The highest BCUT2D eigenvalue weighted by atomic mass is 14.9. The second kappa shape index (κ2) is 5.73. The summed E-state index contributed by atoms with van der Waals surface area (Å²) in [6, 6.07) is 12.6. The zero-order chi connectivity index (χ0) is 16.6. The average molecular weight is 305 g/mol. The molecule has 0 radical (unpaired) electrons. The fourth-order valence-corrected chi connectivity index (χ4v) is 2.54. The van der Waals surface area contributed by atoms with Crippen LogP contribution in [0.15, 0.2) is 42.6 Å². The highest BCUT2D eigenvalue weighted by Gasteiger charge is 2.19. The molecule has 0 amide bonds. The zero-order valence-electron chi connectivity index (χ0n) is 14.5. The Labute approximate surface area is 137 Å². The lowest BCUT2D eigenvalue weighted by Gasteiger charge is -2.20. The first kappa shape index (κ1) is 15.6. The lowest BCUT2D eigenvalue weighted by atomic mass is 9.89. The van der Waals surface area contributed by atoms with Crippen LogP contribution in [0.4, 0.5) is 0 Å². The van der Waals surface area contributed by atoms with Gasteiger partial charge in [0.2, 0.25) is 0 Å². The second-order valence-electron chi connectivity index (χ2n) is 7.29. The number of rotatable bonds is 2. The predicted octanol–water partition coefficient (Wildman–Crippen LogP) is 5.11. The summed E-state index contributed by atoms with van der Waals surface area (Å²) in [5.41, 5.74) is 4.13. The van der Waals surface area contributed by atoms with Gasteiger partial charge in [0.05, 0.1) is 0 Å². The molecule has 0 aliphatic rings. The highest BCUT2D eigenvalue weighted by molar-refractivity contribution is 5.92. The molecule has 23 heavy (non-hydrogen) atoms. The minimum atomic E-state index is -0.0271. The third-order valence-corrected chi connectivity index (χ3v) is 3.95. The summed E-state index contributed by atoms with van der Waals surface area (Å²) in [5.74, 6) is 1.13. The van der Waals surface area contributed by atoms with E-state index in [1.54, 1.807) is 0 Å². The minimum Gasteiger partial charge on any atom is -0.240 e. The van der Waals surface area contributed by atoms with Crippen LogP contribution in [0.25, 0.3) is 22.2 Å². The smallest absolute Gasteiger partial charge is 0.163 e. The summed E-state index contributed by atoms with van der Waals surface area (Å²) in [4.78, 5) is 14.1. The Balaban J connectivity index is 2.33. The Bertz CT molecular complexity index is 831. The van der Waals surface area contributed by atoms with E-state index in [2.05, 4.69) is 69.9 Å². The van der Waals surface area contributed by atoms with E-state index in [0.717, 1.165) is 28.1 Å². The van der Waals surface area contributed by atoms with E-state index in [4.69, 9.17) is 9.97 Å². The summed E-state index contributed by atoms with van der Waals surface area (Å²) in [6.07, 6.45) is 1.92. The number of hydrogen-bond donors (Lipinski definition) is 0. The van der Waals surface area contributed by atoms with Crippen LogP contribution in [0, 0.1) is 0 Å². The fourth-order valence-electron chi connectivity index (χ4n) is 2.54. The Kier molecular flexibility index (Phi) is 3.88. The van der Waals surface area contributed by atoms with Crippen LogP contribution in [0.1, 0.15) is 52.1 Å². The van der Waals surface area contributed by atoms with E-state index in [-0.39, 0.29) is 5.41 Å². The van der Waals surface area contributed by atoms with Gasteiger partial charge in [0.15, 0.2) is 5.65 Å². The topological polar surface area (TPSA) is 38.7 Å². The molecule has 0 aliphatic heterocycles. The van der Waals surface area contributed by atoms with Crippen LogP contribution >= 0.6 is 0 Å². The molecule has 3 rings (SSSR count). The number of pyridine rings is 1. The summed E-state index contributed by atoms with van der Waals surface area (Å²) < 4.78 is 0. The number of hydrogen-bond acceptors (Lipinski definition) is 3. The first-order valence-electron chi connectivity index (χ1n) is 8.10. The highest BCUT2D eigenvalue weighted by Crippen LogP contribution is 2.32. The van der Waals surface area contributed by atoms with E-state index < -0.39 is 0 Å². The molecule has 118 valence electrons. The van der Waals surface area contributed by atoms with Crippen molar-refractivity contribution in [1.29, 1.82) is 0 Å². The van der Waals surface area contributed by atoms with Crippen molar-refractivity contribution >= 4 is 11.0 Å². The van der Waals surface area contributed by atoms with Gasteiger partial charge in [-0.05, 0) is 17.2 Å². The SMILES string of the molecule is CC(C)c1ncc2c(-c3ccccc3)cc(C(C)(C)C)nc2n1. The van der Waals surface area contributed by atoms with Crippen molar-refractivity contribution in [3.05, 3.63) is 54.1 Å². The minimum absolute atomic E-state index is 0.0271. The van der Waals surface area contributed by atoms with Crippen molar-refractivity contribution in [3.63, 3.8) is 0 Å². The quantitative estimate of drug-likeness (QED) is 0.660. The molecule has 2 heterocycles. The molecule has 0 N–H and O–H groups in total. The van der Waals surface area contributed by atoms with E-state index in [9.17, 15) is 0 Å². The Morgan fingerprint density at radius 3 is 2.26 bits per heavy atom. The molecule has 0 atom stereocenters. The second-order valence-corrected chi connectivity index (χ2v) is 7.29. The van der Waals surface area contributed by atoms with Crippen LogP contribution < -0.4 is 0 Å². The maximum atomic E-state index is 4.82. The van der Waals surface area contributed by atoms with Gasteiger partial charge in [0.1, 0.15) is 5.82 Å². The van der Waals surface area contributed by atoms with E-state index in [1.165, 1.54) is 5.56 Å². The van der Waals surface area contributed by atoms with Crippen molar-refractivity contribution in [1.82, 2.24) is 15.0 Å². The summed E-state index contributed by atoms with van der Waals surface area (Å²) >= 11 is 0. The lowest BCUT2D eigenvalue weighted by molar-refractivity contribution is 0.571. The van der Waals surface area contributed by atoms with Gasteiger partial charge >= 0.3 is 0 Å². The predicted molar refractivity (Wildman–Crippen MR) is 95.6 cm³/mol. The number of benzene rings is 1. The van der Waals surface area contributed by atoms with Crippen LogP contribution in [-0.4, -0.2) is 15.0 Å². The van der Waals surface area contributed by atoms with E-state index in [0.29, 0.717) is 5.92 Å². The van der Waals surface area contributed by atoms with E-state index >= 15 is 0 Å². The molecule has 0 fully saturated rings. The molecule has 0 bridgehead atoms. The Hall–Kier alpha value is -2.29. The van der Waals surface area contributed by atoms with Gasteiger partial charge in [-0.1, -0.05) is 65.0 Å². The molecule has 3 heteroatoms. The van der Waals surface area contributed by atoms with Crippen molar-refractivity contribution in [2.24, 2.45) is 0 Å². The zero-order valence-corrected chi connectivity index (χ0v) is 14.5. The summed E-state index contributed by atoms with van der Waals surface area (Å²) in [7, 11) is 0. The molecule has 3 nitrogen and oxygen atoms in total. The fraction of sp³-hybridized carbons (Fsp3) is 0.350. The molecule has 0 spiro atoms. The molecule has 3 aromatic rings. The molecular weight excluding hydrogens is 282 g/mol. The van der Waals surface area contributed by atoms with Gasteiger partial charge in [-0.2, -0.15) is 0 Å². The van der Waals surface area contributed by atoms with Crippen molar-refractivity contribution in [2.75, 3.05) is 0 Å².